The zero-order valence-corrected chi connectivity index (χ0v) is 27.8. The van der Waals surface area contributed by atoms with Gasteiger partial charge in [0.25, 0.3) is 0 Å². The lowest BCUT2D eigenvalue weighted by Crippen LogP contribution is -2.16. The Morgan fingerprint density at radius 1 is 0.478 bits per heavy atom. The van der Waals surface area contributed by atoms with Crippen molar-refractivity contribution in [1.82, 2.24) is 10.6 Å². The fourth-order valence-corrected chi connectivity index (χ4v) is 5.48. The van der Waals surface area contributed by atoms with Gasteiger partial charge in [-0.05, 0) is 100 Å². The first-order valence-electron chi connectivity index (χ1n) is 16.3. The van der Waals surface area contributed by atoms with Gasteiger partial charge in [-0.1, -0.05) is 95.8 Å². The van der Waals surface area contributed by atoms with E-state index in [0.29, 0.717) is 11.1 Å². The number of hydrogen-bond acceptors (Lipinski definition) is 6. The summed E-state index contributed by atoms with van der Waals surface area (Å²) in [5.74, 6) is -0.574. The van der Waals surface area contributed by atoms with E-state index in [2.05, 4.69) is 34.9 Å². The van der Waals surface area contributed by atoms with E-state index in [0.717, 1.165) is 72.4 Å². The summed E-state index contributed by atoms with van der Waals surface area (Å²) in [6.45, 7) is 12.1. The van der Waals surface area contributed by atoms with Crippen LogP contribution in [0.15, 0.2) is 84.9 Å². The predicted octanol–water partition coefficient (Wildman–Crippen LogP) is 8.07. The van der Waals surface area contributed by atoms with Crippen molar-refractivity contribution in [3.8, 4) is 0 Å². The highest BCUT2D eigenvalue weighted by Crippen LogP contribution is 2.14. The van der Waals surface area contributed by atoms with Crippen LogP contribution >= 0.6 is 0 Å². The predicted molar refractivity (Wildman–Crippen MR) is 185 cm³/mol. The van der Waals surface area contributed by atoms with Crippen LogP contribution in [0.4, 0.5) is 0 Å². The van der Waals surface area contributed by atoms with Crippen LogP contribution in [0, 0.1) is 27.7 Å². The highest BCUT2D eigenvalue weighted by atomic mass is 16.5. The van der Waals surface area contributed by atoms with E-state index in [1.54, 1.807) is 0 Å². The number of hydrogen-bond donors (Lipinski definition) is 2. The minimum Gasteiger partial charge on any atom is -0.457 e. The lowest BCUT2D eigenvalue weighted by atomic mass is 10.1. The molecule has 0 radical (unpaired) electrons. The first-order chi connectivity index (χ1) is 22.2. The molecule has 0 unspecified atom stereocenters. The molecular weight excluding hydrogens is 572 g/mol. The van der Waals surface area contributed by atoms with Crippen molar-refractivity contribution in [2.24, 2.45) is 0 Å². The number of nitrogens with one attached hydrogen (secondary N) is 2. The second-order valence-corrected chi connectivity index (χ2v) is 12.3. The number of benzene rings is 4. The number of carbonyl (C=O) groups is 2. The highest BCUT2D eigenvalue weighted by Gasteiger charge is 2.10. The van der Waals surface area contributed by atoms with Gasteiger partial charge in [-0.15, -0.1) is 0 Å². The third-order valence-corrected chi connectivity index (χ3v) is 7.82. The fourth-order valence-electron chi connectivity index (χ4n) is 5.48. The van der Waals surface area contributed by atoms with E-state index in [-0.39, 0.29) is 25.2 Å². The minimum atomic E-state index is -0.287. The van der Waals surface area contributed by atoms with Gasteiger partial charge in [-0.2, -0.15) is 0 Å². The Balaban J connectivity index is 1.00. The van der Waals surface area contributed by atoms with Crippen LogP contribution in [0.2, 0.25) is 0 Å². The smallest absolute Gasteiger partial charge is 0.338 e. The number of rotatable bonds is 17. The average molecular weight is 621 g/mol. The highest BCUT2D eigenvalue weighted by molar-refractivity contribution is 5.90. The van der Waals surface area contributed by atoms with Gasteiger partial charge in [-0.3, -0.25) is 0 Å². The van der Waals surface area contributed by atoms with Crippen LogP contribution in [0.25, 0.3) is 0 Å². The normalized spacial score (nSPS) is 11.0. The third-order valence-electron chi connectivity index (χ3n) is 7.82. The minimum absolute atomic E-state index is 0.272. The molecule has 0 heterocycles. The molecule has 0 aromatic heterocycles. The molecule has 0 atom stereocenters. The van der Waals surface area contributed by atoms with Crippen molar-refractivity contribution >= 4 is 11.9 Å². The largest absolute Gasteiger partial charge is 0.457 e. The van der Waals surface area contributed by atoms with Crippen molar-refractivity contribution in [1.29, 1.82) is 0 Å². The van der Waals surface area contributed by atoms with Gasteiger partial charge in [0.15, 0.2) is 0 Å². The van der Waals surface area contributed by atoms with E-state index in [4.69, 9.17) is 9.47 Å². The monoisotopic (exact) mass is 620 g/mol. The Morgan fingerprint density at radius 2 is 0.804 bits per heavy atom. The number of esters is 2. The number of ether oxygens (including phenoxy) is 2. The molecule has 0 aliphatic rings. The van der Waals surface area contributed by atoms with Gasteiger partial charge in [0.05, 0.1) is 11.1 Å². The van der Waals surface area contributed by atoms with Crippen LogP contribution in [0.3, 0.4) is 0 Å². The number of carbonyl (C=O) groups excluding carboxylic acids is 2. The summed E-state index contributed by atoms with van der Waals surface area (Å²) < 4.78 is 11.0. The van der Waals surface area contributed by atoms with E-state index in [1.165, 1.54) is 24.0 Å². The number of unbranched alkanes of at least 4 members (excludes halogenated alkanes) is 3. The second-order valence-electron chi connectivity index (χ2n) is 12.3. The Morgan fingerprint density at radius 3 is 1.15 bits per heavy atom. The molecule has 0 bridgehead atoms. The molecule has 0 saturated carbocycles. The summed E-state index contributed by atoms with van der Waals surface area (Å²) in [6.07, 6.45) is 4.72. The molecule has 0 amide bonds. The van der Waals surface area contributed by atoms with E-state index in [1.807, 2.05) is 88.4 Å². The van der Waals surface area contributed by atoms with Crippen LogP contribution in [-0.4, -0.2) is 25.0 Å². The van der Waals surface area contributed by atoms with E-state index in [9.17, 15) is 9.59 Å². The maximum Gasteiger partial charge on any atom is 0.338 e. The Bertz CT molecular complexity index is 1400. The van der Waals surface area contributed by atoms with Gasteiger partial charge in [0.1, 0.15) is 13.2 Å². The Labute approximate surface area is 274 Å². The fraction of sp³-hybridized carbons (Fsp3) is 0.350. The summed E-state index contributed by atoms with van der Waals surface area (Å²) in [4.78, 5) is 24.8. The maximum absolute atomic E-state index is 12.4. The van der Waals surface area contributed by atoms with Gasteiger partial charge in [-0.25, -0.2) is 9.59 Å². The lowest BCUT2D eigenvalue weighted by Gasteiger charge is -2.09. The third kappa shape index (κ3) is 11.9. The van der Waals surface area contributed by atoms with Crippen LogP contribution < -0.4 is 10.6 Å². The molecule has 4 rings (SSSR count). The molecule has 4 aromatic rings. The van der Waals surface area contributed by atoms with Gasteiger partial charge >= 0.3 is 11.9 Å². The van der Waals surface area contributed by atoms with Crippen molar-refractivity contribution in [3.05, 3.63) is 141 Å². The molecule has 242 valence electrons. The van der Waals surface area contributed by atoms with Crippen LogP contribution in [0.5, 0.6) is 0 Å². The number of aryl methyl sites for hydroxylation is 4. The summed E-state index contributed by atoms with van der Waals surface area (Å²) in [7, 11) is 0. The summed E-state index contributed by atoms with van der Waals surface area (Å²) in [5, 5.41) is 7.06. The first kappa shape index (κ1) is 34.6. The molecule has 46 heavy (non-hydrogen) atoms. The Kier molecular flexibility index (Phi) is 13.6. The van der Waals surface area contributed by atoms with Crippen LogP contribution in [0.1, 0.15) is 90.9 Å². The molecular formula is C40H48N2O4. The molecule has 6 nitrogen and oxygen atoms in total. The molecule has 2 N–H and O–H groups in total. The zero-order valence-electron chi connectivity index (χ0n) is 27.8. The van der Waals surface area contributed by atoms with Crippen molar-refractivity contribution in [3.63, 3.8) is 0 Å². The quantitative estimate of drug-likeness (QED) is 0.0918. The topological polar surface area (TPSA) is 76.7 Å². The molecule has 0 aliphatic carbocycles. The van der Waals surface area contributed by atoms with Gasteiger partial charge in [0, 0.05) is 13.1 Å². The summed E-state index contributed by atoms with van der Waals surface area (Å²) in [5.41, 5.74) is 9.85. The SMILES string of the molecule is Cc1cc(C)cc(C(=O)OCc2ccc(CNCCCCCCNCc3ccc(COC(=O)c4cc(C)cc(C)c4)cc3)cc2)c1. The lowest BCUT2D eigenvalue weighted by molar-refractivity contribution is 0.0464. The molecule has 0 aliphatic heterocycles. The summed E-state index contributed by atoms with van der Waals surface area (Å²) in [6, 6.07) is 28.0. The average Bonchev–Trinajstić information content (AvgIpc) is 3.03. The van der Waals surface area contributed by atoms with Crippen molar-refractivity contribution < 1.29 is 19.1 Å². The van der Waals surface area contributed by atoms with E-state index < -0.39 is 0 Å². The molecule has 6 heteroatoms. The molecule has 0 fully saturated rings. The van der Waals surface area contributed by atoms with Gasteiger partial charge in [0.2, 0.25) is 0 Å². The zero-order chi connectivity index (χ0) is 32.7. The maximum atomic E-state index is 12.4. The standard InChI is InChI=1S/C40H48N2O4/c1-29-19-30(2)22-37(21-29)39(43)45-27-35-13-9-33(10-14-35)25-41-17-7-5-6-8-18-42-26-34-11-15-36(16-12-34)28-46-40(44)38-23-31(3)20-32(4)24-38/h9-16,19-24,41-42H,5-8,17-18,25-28H2,1-4H3. The van der Waals surface area contributed by atoms with Crippen molar-refractivity contribution in [2.45, 2.75) is 79.7 Å². The molecule has 0 spiro atoms. The van der Waals surface area contributed by atoms with Gasteiger partial charge < -0.3 is 20.1 Å². The summed E-state index contributed by atoms with van der Waals surface area (Å²) >= 11 is 0. The first-order valence-corrected chi connectivity index (χ1v) is 16.3. The molecule has 4 aromatic carbocycles. The van der Waals surface area contributed by atoms with E-state index >= 15 is 0 Å². The van der Waals surface area contributed by atoms with Crippen molar-refractivity contribution in [2.75, 3.05) is 13.1 Å². The second kappa shape index (κ2) is 18.0. The Hall–Kier alpha value is -4.26. The van der Waals surface area contributed by atoms with Crippen LogP contribution in [-0.2, 0) is 35.8 Å². The molecule has 0 saturated heterocycles.